The molecule has 0 aromatic rings. The molecule has 0 saturated carbocycles. The van der Waals surface area contributed by atoms with Gasteiger partial charge in [-0.25, -0.2) is 0 Å². The molecule has 75 valence electrons. The van der Waals surface area contributed by atoms with Gasteiger partial charge in [0.2, 0.25) is 0 Å². The summed E-state index contributed by atoms with van der Waals surface area (Å²) < 4.78 is 0. The molecule has 8 nitrogen and oxygen atoms in total. The topological polar surface area (TPSA) is 183 Å². The molecule has 0 aromatic heterocycles. The van der Waals surface area contributed by atoms with Gasteiger partial charge >= 0.3 is 19.5 Å². The number of carbonyl (C=O) groups excluding carboxylic acids is 3. The molecule has 0 saturated heterocycles. The smallest absolute Gasteiger partial charge is 0.554 e. The third kappa shape index (κ3) is 517. The predicted octanol–water partition coefficient (Wildman–Crippen LogP) is -6.55. The van der Waals surface area contributed by atoms with Crippen molar-refractivity contribution in [3.63, 3.8) is 0 Å². The van der Waals surface area contributed by atoms with Crippen LogP contribution in [0.3, 0.4) is 0 Å². The molecule has 0 aromatic carbocycles. The van der Waals surface area contributed by atoms with E-state index in [1.54, 1.807) is 0 Å². The number of carboxylic acid groups (broad SMARTS) is 3. The van der Waals surface area contributed by atoms with Crippen LogP contribution in [0.15, 0.2) is 0 Å². The Bertz CT molecular complexity index is 51.1. The Kier molecular flexibility index (Phi) is 771. The SMILES string of the molecule is O.O.O=C[O-].O=C[O-].O=C[O-].[Ru+3]. The molecule has 0 aliphatic rings. The second-order valence-corrected chi connectivity index (χ2v) is 0.289. The van der Waals surface area contributed by atoms with Crippen molar-refractivity contribution in [2.45, 2.75) is 0 Å². The van der Waals surface area contributed by atoms with Crippen molar-refractivity contribution in [2.24, 2.45) is 0 Å². The summed E-state index contributed by atoms with van der Waals surface area (Å²) in [5, 5.41) is 24.8. The van der Waals surface area contributed by atoms with Gasteiger partial charge in [-0.3, -0.25) is 0 Å². The van der Waals surface area contributed by atoms with Gasteiger partial charge in [-0.1, -0.05) is 0 Å². The molecule has 0 aliphatic carbocycles. The van der Waals surface area contributed by atoms with Gasteiger partial charge in [-0.05, 0) is 0 Å². The van der Waals surface area contributed by atoms with Crippen LogP contribution in [-0.4, -0.2) is 30.4 Å². The Morgan fingerprint density at radius 3 is 0.667 bits per heavy atom. The van der Waals surface area contributed by atoms with E-state index in [0.29, 0.717) is 0 Å². The summed E-state index contributed by atoms with van der Waals surface area (Å²) in [5.41, 5.74) is 0. The second-order valence-electron chi connectivity index (χ2n) is 0.289. The fraction of sp³-hybridized carbons (Fsp3) is 0. The van der Waals surface area contributed by atoms with Crippen LogP contribution in [-0.2, 0) is 33.9 Å². The van der Waals surface area contributed by atoms with Crippen LogP contribution in [0.4, 0.5) is 0 Å². The van der Waals surface area contributed by atoms with Crippen LogP contribution in [0.25, 0.3) is 0 Å². The van der Waals surface area contributed by atoms with Crippen LogP contribution < -0.4 is 15.3 Å². The van der Waals surface area contributed by atoms with E-state index in [2.05, 4.69) is 0 Å². The van der Waals surface area contributed by atoms with E-state index in [9.17, 15) is 0 Å². The minimum absolute atomic E-state index is 0. The van der Waals surface area contributed by atoms with E-state index < -0.39 is 19.4 Å². The van der Waals surface area contributed by atoms with Crippen molar-refractivity contribution in [3.8, 4) is 0 Å². The third-order valence-electron chi connectivity index (χ3n) is 0. The Balaban J connectivity index is -0.00000001000. The number of hydrogen-bond acceptors (Lipinski definition) is 6. The van der Waals surface area contributed by atoms with Gasteiger partial charge in [0.1, 0.15) is 0 Å². The molecule has 0 heterocycles. The minimum Gasteiger partial charge on any atom is -0.554 e. The van der Waals surface area contributed by atoms with E-state index in [1.165, 1.54) is 0 Å². The largest absolute Gasteiger partial charge is 3.00 e. The summed E-state index contributed by atoms with van der Waals surface area (Å²) in [6.45, 7) is -1.50. The van der Waals surface area contributed by atoms with Crippen LogP contribution in [0.5, 0.6) is 0 Å². The first kappa shape index (κ1) is 44.2. The molecule has 9 heteroatoms. The van der Waals surface area contributed by atoms with Crippen LogP contribution >= 0.6 is 0 Å². The molecule has 1 radical (unpaired) electrons. The first-order valence-electron chi connectivity index (χ1n) is 1.41. The zero-order valence-electron chi connectivity index (χ0n) is 5.54. The van der Waals surface area contributed by atoms with Crippen molar-refractivity contribution in [1.82, 2.24) is 0 Å². The summed E-state index contributed by atoms with van der Waals surface area (Å²) >= 11 is 0. The van der Waals surface area contributed by atoms with Crippen molar-refractivity contribution >= 4 is 19.4 Å². The Labute approximate surface area is 80.2 Å². The molecule has 0 bridgehead atoms. The fourth-order valence-electron chi connectivity index (χ4n) is 0. The van der Waals surface area contributed by atoms with Gasteiger partial charge in [0.15, 0.2) is 0 Å². The first-order chi connectivity index (χ1) is 4.24. The fourth-order valence-corrected chi connectivity index (χ4v) is 0. The van der Waals surface area contributed by atoms with Gasteiger partial charge in [0.05, 0.1) is 0 Å². The zero-order valence-corrected chi connectivity index (χ0v) is 7.27. The van der Waals surface area contributed by atoms with Gasteiger partial charge in [0.25, 0.3) is 0 Å². The first-order valence-corrected chi connectivity index (χ1v) is 1.41. The maximum atomic E-state index is 8.25. The van der Waals surface area contributed by atoms with Crippen LogP contribution in [0, 0.1) is 0 Å². The van der Waals surface area contributed by atoms with Gasteiger partial charge in [-0.15, -0.1) is 0 Å². The standard InChI is InChI=1S/3CH2O2.2H2O.Ru/c3*2-1-3;;;/h3*1H,(H,2,3);2*1H2;/q;;;;;+3/p-3. The summed E-state index contributed by atoms with van der Waals surface area (Å²) in [5.74, 6) is 0. The van der Waals surface area contributed by atoms with Gasteiger partial charge < -0.3 is 40.7 Å². The molecule has 12 heavy (non-hydrogen) atoms. The number of hydrogen-bond donors (Lipinski definition) is 0. The monoisotopic (exact) mass is 273 g/mol. The second kappa shape index (κ2) is 209. The summed E-state index contributed by atoms with van der Waals surface area (Å²) in [7, 11) is 0. The molecular formula is C3H7O8Ru. The Hall–Kier alpha value is -1.05. The summed E-state index contributed by atoms with van der Waals surface area (Å²) in [6.07, 6.45) is 0. The Morgan fingerprint density at radius 1 is 0.667 bits per heavy atom. The molecule has 0 unspecified atom stereocenters. The maximum absolute atomic E-state index is 8.25. The summed E-state index contributed by atoms with van der Waals surface area (Å²) in [4.78, 5) is 24.8. The van der Waals surface area contributed by atoms with E-state index >= 15 is 0 Å². The Morgan fingerprint density at radius 2 is 0.667 bits per heavy atom. The normalized spacial score (nSPS) is 3.00. The number of carbonyl (C=O) groups is 3. The van der Waals surface area contributed by atoms with Crippen molar-refractivity contribution in [2.75, 3.05) is 0 Å². The van der Waals surface area contributed by atoms with E-state index in [0.717, 1.165) is 0 Å². The molecule has 0 atom stereocenters. The predicted molar refractivity (Wildman–Crippen MR) is 25.4 cm³/mol. The molecule has 0 aliphatic heterocycles. The molecule has 0 fully saturated rings. The maximum Gasteiger partial charge on any atom is 3.00 e. The molecule has 0 spiro atoms. The zero-order chi connectivity index (χ0) is 8.12. The van der Waals surface area contributed by atoms with E-state index in [1.807, 2.05) is 0 Å². The van der Waals surface area contributed by atoms with Gasteiger partial charge in [-0.2, -0.15) is 0 Å². The quantitative estimate of drug-likeness (QED) is 0.311. The van der Waals surface area contributed by atoms with E-state index in [4.69, 9.17) is 29.7 Å². The van der Waals surface area contributed by atoms with E-state index in [-0.39, 0.29) is 30.4 Å². The van der Waals surface area contributed by atoms with Crippen molar-refractivity contribution in [1.29, 1.82) is 0 Å². The average molecular weight is 272 g/mol. The number of rotatable bonds is 0. The molecule has 0 amide bonds. The third-order valence-corrected chi connectivity index (χ3v) is 0. The average Bonchev–Trinajstić information content (AvgIpc) is 1.70. The van der Waals surface area contributed by atoms with Crippen molar-refractivity contribution < 1.29 is 60.1 Å². The molecule has 0 rings (SSSR count). The van der Waals surface area contributed by atoms with Crippen molar-refractivity contribution in [3.05, 3.63) is 0 Å². The van der Waals surface area contributed by atoms with Gasteiger partial charge in [0, 0.05) is 19.4 Å². The molecular weight excluding hydrogens is 265 g/mol. The molecule has 4 N–H and O–H groups in total. The minimum atomic E-state index is -0.500. The van der Waals surface area contributed by atoms with Crippen LogP contribution in [0.1, 0.15) is 0 Å². The van der Waals surface area contributed by atoms with Crippen LogP contribution in [0.2, 0.25) is 0 Å². The summed E-state index contributed by atoms with van der Waals surface area (Å²) in [6, 6.07) is 0.